The zero-order valence-electron chi connectivity index (χ0n) is 10.5. The number of rotatable bonds is 6. The standard InChI is InChI=1S/C13H16ClNO3/c1-3-4-9-18-13(16)12(15-17-2)10-7-5-6-8-11(10)14/h5-8H,3-4,9H2,1-2H3. The van der Waals surface area contributed by atoms with Gasteiger partial charge in [-0.25, -0.2) is 4.79 Å². The fourth-order valence-corrected chi connectivity index (χ4v) is 1.54. The predicted octanol–water partition coefficient (Wildman–Crippen LogP) is 3.03. The molecule has 1 rings (SSSR count). The number of ether oxygens (including phenoxy) is 1. The van der Waals surface area contributed by atoms with Crippen LogP contribution in [0.5, 0.6) is 0 Å². The van der Waals surface area contributed by atoms with Crippen LogP contribution in [-0.4, -0.2) is 25.4 Å². The molecule has 0 aliphatic heterocycles. The second-order valence-corrected chi connectivity index (χ2v) is 4.00. The summed E-state index contributed by atoms with van der Waals surface area (Å²) in [4.78, 5) is 16.5. The van der Waals surface area contributed by atoms with Gasteiger partial charge >= 0.3 is 5.97 Å². The number of oxime groups is 1. The van der Waals surface area contributed by atoms with Crippen LogP contribution in [0.15, 0.2) is 29.4 Å². The van der Waals surface area contributed by atoms with Crippen LogP contribution in [0.4, 0.5) is 0 Å². The molecule has 1 aromatic carbocycles. The van der Waals surface area contributed by atoms with Crippen LogP contribution in [0.1, 0.15) is 25.3 Å². The third kappa shape index (κ3) is 4.04. The van der Waals surface area contributed by atoms with Crippen LogP contribution < -0.4 is 0 Å². The smallest absolute Gasteiger partial charge is 0.361 e. The lowest BCUT2D eigenvalue weighted by Crippen LogP contribution is -2.20. The van der Waals surface area contributed by atoms with E-state index >= 15 is 0 Å². The summed E-state index contributed by atoms with van der Waals surface area (Å²) in [5.74, 6) is -0.529. The molecule has 1 aromatic rings. The molecule has 0 aliphatic rings. The molecule has 18 heavy (non-hydrogen) atoms. The number of nitrogens with zero attached hydrogens (tertiary/aromatic N) is 1. The van der Waals surface area contributed by atoms with Crippen LogP contribution in [-0.2, 0) is 14.4 Å². The van der Waals surface area contributed by atoms with Crippen LogP contribution in [0, 0.1) is 0 Å². The normalized spacial score (nSPS) is 11.2. The number of hydrogen-bond donors (Lipinski definition) is 0. The Balaban J connectivity index is 2.87. The van der Waals surface area contributed by atoms with E-state index in [9.17, 15) is 4.79 Å². The number of hydrogen-bond acceptors (Lipinski definition) is 4. The van der Waals surface area contributed by atoms with E-state index in [4.69, 9.17) is 16.3 Å². The summed E-state index contributed by atoms with van der Waals surface area (Å²) in [5, 5.41) is 4.12. The number of carbonyl (C=O) groups excluding carboxylic acids is 1. The highest BCUT2D eigenvalue weighted by Gasteiger charge is 2.19. The molecule has 0 fully saturated rings. The summed E-state index contributed by atoms with van der Waals surface area (Å²) in [6.07, 6.45) is 1.77. The van der Waals surface area contributed by atoms with Crippen molar-refractivity contribution in [3.63, 3.8) is 0 Å². The van der Waals surface area contributed by atoms with E-state index in [1.807, 2.05) is 6.92 Å². The maximum absolute atomic E-state index is 11.9. The Morgan fingerprint density at radius 1 is 1.39 bits per heavy atom. The van der Waals surface area contributed by atoms with Gasteiger partial charge in [-0.1, -0.05) is 48.3 Å². The summed E-state index contributed by atoms with van der Waals surface area (Å²) in [5.41, 5.74) is 0.585. The van der Waals surface area contributed by atoms with Crippen molar-refractivity contribution in [2.45, 2.75) is 19.8 Å². The second kappa shape index (κ2) is 7.71. The van der Waals surface area contributed by atoms with Gasteiger partial charge in [-0.05, 0) is 12.5 Å². The lowest BCUT2D eigenvalue weighted by molar-refractivity contribution is -0.135. The summed E-state index contributed by atoms with van der Waals surface area (Å²) < 4.78 is 5.10. The Kier molecular flexibility index (Phi) is 6.22. The summed E-state index contributed by atoms with van der Waals surface area (Å²) in [6.45, 7) is 2.38. The maximum atomic E-state index is 11.9. The Labute approximate surface area is 112 Å². The molecule has 0 aliphatic carbocycles. The summed E-state index contributed by atoms with van der Waals surface area (Å²) >= 11 is 6.02. The van der Waals surface area contributed by atoms with E-state index in [1.54, 1.807) is 24.3 Å². The average molecular weight is 270 g/mol. The highest BCUT2D eigenvalue weighted by Crippen LogP contribution is 2.17. The molecule has 5 heteroatoms. The number of halogens is 1. The maximum Gasteiger partial charge on any atom is 0.361 e. The molecule has 0 spiro atoms. The lowest BCUT2D eigenvalue weighted by Gasteiger charge is -2.07. The molecule has 0 bridgehead atoms. The lowest BCUT2D eigenvalue weighted by atomic mass is 10.1. The van der Waals surface area contributed by atoms with Crippen molar-refractivity contribution in [2.75, 3.05) is 13.7 Å². The van der Waals surface area contributed by atoms with Crippen LogP contribution >= 0.6 is 11.6 Å². The summed E-state index contributed by atoms with van der Waals surface area (Å²) in [6, 6.07) is 6.92. The highest BCUT2D eigenvalue weighted by molar-refractivity contribution is 6.47. The van der Waals surface area contributed by atoms with E-state index < -0.39 is 5.97 Å². The number of benzene rings is 1. The van der Waals surface area contributed by atoms with Gasteiger partial charge in [-0.3, -0.25) is 0 Å². The molecule has 0 radical (unpaired) electrons. The van der Waals surface area contributed by atoms with Crippen molar-refractivity contribution in [1.29, 1.82) is 0 Å². The number of carbonyl (C=O) groups is 1. The largest absolute Gasteiger partial charge is 0.461 e. The number of unbranched alkanes of at least 4 members (excludes halogenated alkanes) is 1. The minimum absolute atomic E-state index is 0.0826. The van der Waals surface area contributed by atoms with Gasteiger partial charge in [0.25, 0.3) is 0 Å². The molecule has 0 aromatic heterocycles. The third-order valence-corrected chi connectivity index (χ3v) is 2.57. The Hall–Kier alpha value is -1.55. The van der Waals surface area contributed by atoms with Gasteiger partial charge in [0.2, 0.25) is 0 Å². The molecule has 0 N–H and O–H groups in total. The second-order valence-electron chi connectivity index (χ2n) is 3.59. The van der Waals surface area contributed by atoms with Crippen molar-refractivity contribution in [1.82, 2.24) is 0 Å². The van der Waals surface area contributed by atoms with Crippen molar-refractivity contribution in [2.24, 2.45) is 5.16 Å². The SMILES string of the molecule is CCCCOC(=O)C(=NOC)c1ccccc1Cl. The van der Waals surface area contributed by atoms with E-state index in [2.05, 4.69) is 9.99 Å². The van der Waals surface area contributed by atoms with Crippen LogP contribution in [0.3, 0.4) is 0 Å². The van der Waals surface area contributed by atoms with E-state index in [0.29, 0.717) is 17.2 Å². The topological polar surface area (TPSA) is 47.9 Å². The third-order valence-electron chi connectivity index (χ3n) is 2.24. The quantitative estimate of drug-likeness (QED) is 0.345. The summed E-state index contributed by atoms with van der Waals surface area (Å²) in [7, 11) is 1.37. The van der Waals surface area contributed by atoms with Gasteiger partial charge in [0, 0.05) is 5.56 Å². The average Bonchev–Trinajstić information content (AvgIpc) is 2.37. The molecule has 0 atom stereocenters. The zero-order valence-corrected chi connectivity index (χ0v) is 11.2. The molecule has 0 heterocycles. The van der Waals surface area contributed by atoms with Gasteiger partial charge < -0.3 is 9.57 Å². The minimum Gasteiger partial charge on any atom is -0.461 e. The minimum atomic E-state index is -0.529. The van der Waals surface area contributed by atoms with Gasteiger partial charge in [0.05, 0.1) is 11.6 Å². The first-order valence-corrected chi connectivity index (χ1v) is 6.11. The molecule has 0 unspecified atom stereocenters. The first kappa shape index (κ1) is 14.5. The van der Waals surface area contributed by atoms with E-state index in [-0.39, 0.29) is 5.71 Å². The Morgan fingerprint density at radius 2 is 2.11 bits per heavy atom. The van der Waals surface area contributed by atoms with Crippen LogP contribution in [0.2, 0.25) is 5.02 Å². The molecule has 0 amide bonds. The number of esters is 1. The first-order valence-electron chi connectivity index (χ1n) is 5.73. The first-order chi connectivity index (χ1) is 8.70. The van der Waals surface area contributed by atoms with Crippen LogP contribution in [0.25, 0.3) is 0 Å². The zero-order chi connectivity index (χ0) is 13.4. The van der Waals surface area contributed by atoms with E-state index in [1.165, 1.54) is 7.11 Å². The Morgan fingerprint density at radius 3 is 2.72 bits per heavy atom. The van der Waals surface area contributed by atoms with Crippen molar-refractivity contribution < 1.29 is 14.4 Å². The fraction of sp³-hybridized carbons (Fsp3) is 0.385. The molecular weight excluding hydrogens is 254 g/mol. The molecular formula is C13H16ClNO3. The fourth-order valence-electron chi connectivity index (χ4n) is 1.32. The van der Waals surface area contributed by atoms with E-state index in [0.717, 1.165) is 12.8 Å². The molecule has 0 saturated heterocycles. The van der Waals surface area contributed by atoms with Gasteiger partial charge in [-0.15, -0.1) is 0 Å². The van der Waals surface area contributed by atoms with Crippen molar-refractivity contribution in [3.8, 4) is 0 Å². The van der Waals surface area contributed by atoms with Crippen molar-refractivity contribution in [3.05, 3.63) is 34.9 Å². The van der Waals surface area contributed by atoms with Gasteiger partial charge in [0.15, 0.2) is 5.71 Å². The highest BCUT2D eigenvalue weighted by atomic mass is 35.5. The van der Waals surface area contributed by atoms with Gasteiger partial charge in [0.1, 0.15) is 7.11 Å². The van der Waals surface area contributed by atoms with Gasteiger partial charge in [-0.2, -0.15) is 0 Å². The molecule has 4 nitrogen and oxygen atoms in total. The van der Waals surface area contributed by atoms with Crippen molar-refractivity contribution >= 4 is 23.3 Å². The Bertz CT molecular complexity index is 432. The molecule has 98 valence electrons. The monoisotopic (exact) mass is 269 g/mol. The predicted molar refractivity (Wildman–Crippen MR) is 70.9 cm³/mol. The molecule has 0 saturated carbocycles.